The largest absolute Gasteiger partial charge is 0.461 e. The van der Waals surface area contributed by atoms with Gasteiger partial charge in [0.1, 0.15) is 0 Å². The number of terminal acetylenes is 1. The van der Waals surface area contributed by atoms with Crippen molar-refractivity contribution in [3.63, 3.8) is 0 Å². The van der Waals surface area contributed by atoms with Crippen LogP contribution in [0.4, 0.5) is 5.95 Å². The Bertz CT molecular complexity index is 357. The van der Waals surface area contributed by atoms with Gasteiger partial charge in [-0.25, -0.2) is 4.98 Å². The van der Waals surface area contributed by atoms with Crippen LogP contribution in [0, 0.1) is 19.3 Å². The Morgan fingerprint density at radius 1 is 1.64 bits per heavy atom. The average molecular weight is 191 g/mol. The first-order valence-corrected chi connectivity index (χ1v) is 4.31. The topological polar surface area (TPSA) is 47.0 Å². The second kappa shape index (κ2) is 4.47. The molecule has 0 fully saturated rings. The van der Waals surface area contributed by atoms with E-state index in [1.54, 1.807) is 20.2 Å². The molecular formula is C10H13N3O. The van der Waals surface area contributed by atoms with Crippen LogP contribution in [0.1, 0.15) is 12.5 Å². The highest BCUT2D eigenvalue weighted by molar-refractivity contribution is 5.32. The first-order valence-electron chi connectivity index (χ1n) is 4.31. The fourth-order valence-electron chi connectivity index (χ4n) is 0.868. The molecule has 0 radical (unpaired) electrons. The second-order valence-electron chi connectivity index (χ2n) is 2.86. The maximum absolute atomic E-state index is 5.41. The molecule has 4 nitrogen and oxygen atoms in total. The van der Waals surface area contributed by atoms with Gasteiger partial charge in [-0.2, -0.15) is 4.98 Å². The third-order valence-electron chi connectivity index (χ3n) is 1.67. The van der Waals surface area contributed by atoms with Crippen molar-refractivity contribution in [3.8, 4) is 18.2 Å². The van der Waals surface area contributed by atoms with Crippen molar-refractivity contribution in [2.45, 2.75) is 20.0 Å². The molecule has 0 spiro atoms. The molecule has 1 rings (SSSR count). The summed E-state index contributed by atoms with van der Waals surface area (Å²) in [6.45, 7) is 3.67. The van der Waals surface area contributed by atoms with Gasteiger partial charge in [0.15, 0.2) is 6.10 Å². The van der Waals surface area contributed by atoms with Crippen molar-refractivity contribution in [3.05, 3.63) is 11.8 Å². The number of hydrogen-bond donors (Lipinski definition) is 1. The molecule has 0 aliphatic carbocycles. The number of nitrogens with one attached hydrogen (secondary N) is 1. The van der Waals surface area contributed by atoms with Crippen LogP contribution in [0.5, 0.6) is 5.88 Å². The van der Waals surface area contributed by atoms with Crippen LogP contribution >= 0.6 is 0 Å². The lowest BCUT2D eigenvalue weighted by Gasteiger charge is -2.10. The number of ether oxygens (including phenoxy) is 1. The van der Waals surface area contributed by atoms with Gasteiger partial charge in [-0.05, 0) is 13.8 Å². The van der Waals surface area contributed by atoms with E-state index in [4.69, 9.17) is 11.2 Å². The molecule has 0 aliphatic rings. The Hall–Kier alpha value is -1.76. The van der Waals surface area contributed by atoms with Gasteiger partial charge in [-0.1, -0.05) is 5.92 Å². The molecule has 1 aromatic rings. The SMILES string of the molecule is C#CC(C)Oc1nc(NC)ncc1C. The van der Waals surface area contributed by atoms with Gasteiger partial charge in [0.2, 0.25) is 11.8 Å². The van der Waals surface area contributed by atoms with Gasteiger partial charge in [-0.3, -0.25) is 0 Å². The van der Waals surface area contributed by atoms with Crippen LogP contribution in [0.25, 0.3) is 0 Å². The lowest BCUT2D eigenvalue weighted by molar-refractivity contribution is 0.266. The van der Waals surface area contributed by atoms with Crippen molar-refractivity contribution in [1.82, 2.24) is 9.97 Å². The number of aromatic nitrogens is 2. The van der Waals surface area contributed by atoms with E-state index in [0.29, 0.717) is 11.8 Å². The molecule has 0 saturated carbocycles. The van der Waals surface area contributed by atoms with Crippen molar-refractivity contribution in [2.75, 3.05) is 12.4 Å². The number of anilines is 1. The number of hydrogen-bond acceptors (Lipinski definition) is 4. The average Bonchev–Trinajstić information content (AvgIpc) is 2.21. The maximum atomic E-state index is 5.41. The number of aryl methyl sites for hydroxylation is 1. The Balaban J connectivity index is 2.90. The molecule has 1 heterocycles. The summed E-state index contributed by atoms with van der Waals surface area (Å²) in [4.78, 5) is 8.18. The summed E-state index contributed by atoms with van der Waals surface area (Å²) in [5.41, 5.74) is 0.867. The molecule has 1 atom stereocenters. The molecular weight excluding hydrogens is 178 g/mol. The molecule has 0 bridgehead atoms. The summed E-state index contributed by atoms with van der Waals surface area (Å²) in [6, 6.07) is 0. The summed E-state index contributed by atoms with van der Waals surface area (Å²) < 4.78 is 5.41. The van der Waals surface area contributed by atoms with Crippen LogP contribution in [0.3, 0.4) is 0 Å². The quantitative estimate of drug-likeness (QED) is 0.730. The predicted molar refractivity (Wildman–Crippen MR) is 55.2 cm³/mol. The van der Waals surface area contributed by atoms with Gasteiger partial charge < -0.3 is 10.1 Å². The first-order chi connectivity index (χ1) is 6.67. The van der Waals surface area contributed by atoms with Gasteiger partial charge >= 0.3 is 0 Å². The fourth-order valence-corrected chi connectivity index (χ4v) is 0.868. The van der Waals surface area contributed by atoms with Gasteiger partial charge in [0, 0.05) is 18.8 Å². The van der Waals surface area contributed by atoms with Crippen LogP contribution in [-0.2, 0) is 0 Å². The highest BCUT2D eigenvalue weighted by Crippen LogP contribution is 2.16. The number of nitrogens with zero attached hydrogens (tertiary/aromatic N) is 2. The normalized spacial score (nSPS) is 11.6. The van der Waals surface area contributed by atoms with Crippen LogP contribution in [0.15, 0.2) is 6.20 Å². The summed E-state index contributed by atoms with van der Waals surface area (Å²) in [5, 5.41) is 2.83. The zero-order valence-electron chi connectivity index (χ0n) is 8.53. The maximum Gasteiger partial charge on any atom is 0.225 e. The minimum atomic E-state index is -0.284. The molecule has 0 aliphatic heterocycles. The van der Waals surface area contributed by atoms with Crippen LogP contribution in [0.2, 0.25) is 0 Å². The first kappa shape index (κ1) is 10.3. The standard InChI is InChI=1S/C10H13N3O/c1-5-8(3)14-9-7(2)6-12-10(11-4)13-9/h1,6,8H,2-4H3,(H,11,12,13). The number of rotatable bonds is 3. The predicted octanol–water partition coefficient (Wildman–Crippen LogP) is 1.23. The van der Waals surface area contributed by atoms with Gasteiger partial charge in [-0.15, -0.1) is 6.42 Å². The van der Waals surface area contributed by atoms with E-state index < -0.39 is 0 Å². The van der Waals surface area contributed by atoms with Crippen molar-refractivity contribution >= 4 is 5.95 Å². The molecule has 1 aromatic heterocycles. The smallest absolute Gasteiger partial charge is 0.225 e. The van der Waals surface area contributed by atoms with Crippen molar-refractivity contribution in [2.24, 2.45) is 0 Å². The molecule has 1 unspecified atom stereocenters. The minimum absolute atomic E-state index is 0.284. The van der Waals surface area contributed by atoms with E-state index >= 15 is 0 Å². The van der Waals surface area contributed by atoms with E-state index in [9.17, 15) is 0 Å². The summed E-state index contributed by atoms with van der Waals surface area (Å²) in [5.74, 6) is 3.52. The van der Waals surface area contributed by atoms with E-state index in [1.807, 2.05) is 6.92 Å². The van der Waals surface area contributed by atoms with E-state index in [2.05, 4.69) is 21.2 Å². The fraction of sp³-hybridized carbons (Fsp3) is 0.400. The Morgan fingerprint density at radius 3 is 2.93 bits per heavy atom. The Kier molecular flexibility index (Phi) is 3.29. The lowest BCUT2D eigenvalue weighted by atomic mass is 10.3. The molecule has 0 saturated heterocycles. The molecule has 0 amide bonds. The Labute approximate surface area is 83.7 Å². The lowest BCUT2D eigenvalue weighted by Crippen LogP contribution is -2.11. The van der Waals surface area contributed by atoms with Crippen molar-refractivity contribution in [1.29, 1.82) is 0 Å². The molecule has 1 N–H and O–H groups in total. The highest BCUT2D eigenvalue weighted by atomic mass is 16.5. The van der Waals surface area contributed by atoms with Crippen molar-refractivity contribution < 1.29 is 4.74 Å². The Morgan fingerprint density at radius 2 is 2.36 bits per heavy atom. The van der Waals surface area contributed by atoms with Gasteiger partial charge in [0.05, 0.1) is 0 Å². The summed E-state index contributed by atoms with van der Waals surface area (Å²) >= 11 is 0. The van der Waals surface area contributed by atoms with E-state index in [0.717, 1.165) is 5.56 Å². The third kappa shape index (κ3) is 2.36. The minimum Gasteiger partial charge on any atom is -0.461 e. The highest BCUT2D eigenvalue weighted by Gasteiger charge is 2.06. The summed E-state index contributed by atoms with van der Waals surface area (Å²) in [7, 11) is 1.75. The molecule has 74 valence electrons. The van der Waals surface area contributed by atoms with Gasteiger partial charge in [0.25, 0.3) is 0 Å². The van der Waals surface area contributed by atoms with Crippen LogP contribution in [-0.4, -0.2) is 23.1 Å². The van der Waals surface area contributed by atoms with E-state index in [-0.39, 0.29) is 6.10 Å². The second-order valence-corrected chi connectivity index (χ2v) is 2.86. The molecule has 14 heavy (non-hydrogen) atoms. The van der Waals surface area contributed by atoms with E-state index in [1.165, 1.54) is 0 Å². The molecule has 0 aromatic carbocycles. The third-order valence-corrected chi connectivity index (χ3v) is 1.67. The van der Waals surface area contributed by atoms with Crippen LogP contribution < -0.4 is 10.1 Å². The summed E-state index contributed by atoms with van der Waals surface area (Å²) in [6.07, 6.45) is 6.61. The monoisotopic (exact) mass is 191 g/mol. The zero-order chi connectivity index (χ0) is 10.6. The zero-order valence-corrected chi connectivity index (χ0v) is 8.53. The molecule has 4 heteroatoms.